The third kappa shape index (κ3) is 3.53. The fourth-order valence-corrected chi connectivity index (χ4v) is 2.76. The Morgan fingerprint density at radius 3 is 2.64 bits per heavy atom. The van der Waals surface area contributed by atoms with Gasteiger partial charge in [-0.15, -0.1) is 0 Å². The maximum Gasteiger partial charge on any atom is 0.268 e. The summed E-state index contributed by atoms with van der Waals surface area (Å²) in [5, 5.41) is 3.28. The van der Waals surface area contributed by atoms with Crippen LogP contribution in [0.4, 0.5) is 8.78 Å². The van der Waals surface area contributed by atoms with Gasteiger partial charge in [0.1, 0.15) is 17.3 Å². The van der Waals surface area contributed by atoms with Gasteiger partial charge in [-0.25, -0.2) is 8.78 Å². The van der Waals surface area contributed by atoms with E-state index in [-0.39, 0.29) is 17.2 Å². The lowest BCUT2D eigenvalue weighted by atomic mass is 10.0. The van der Waals surface area contributed by atoms with Gasteiger partial charge in [-0.1, -0.05) is 18.2 Å². The molecule has 25 heavy (non-hydrogen) atoms. The van der Waals surface area contributed by atoms with Crippen LogP contribution in [0.25, 0.3) is 22.0 Å². The third-order valence-electron chi connectivity index (χ3n) is 3.98. The lowest BCUT2D eigenvalue weighted by Crippen LogP contribution is -2.31. The maximum atomic E-state index is 14.3. The second kappa shape index (κ2) is 7.03. The Morgan fingerprint density at radius 2 is 1.92 bits per heavy atom. The van der Waals surface area contributed by atoms with Crippen LogP contribution >= 0.6 is 0 Å². The molecular formula is C19H19F2N3O. The number of amides is 1. The predicted octanol–water partition coefficient (Wildman–Crippen LogP) is 3.40. The smallest absolute Gasteiger partial charge is 0.268 e. The van der Waals surface area contributed by atoms with Crippen LogP contribution in [0.5, 0.6) is 0 Å². The summed E-state index contributed by atoms with van der Waals surface area (Å²) in [6, 6.07) is 10.3. The molecule has 0 aliphatic heterocycles. The van der Waals surface area contributed by atoms with Crippen molar-refractivity contribution in [3.8, 4) is 11.1 Å². The summed E-state index contributed by atoms with van der Waals surface area (Å²) < 4.78 is 28.1. The van der Waals surface area contributed by atoms with Crippen LogP contribution in [0.15, 0.2) is 42.5 Å². The van der Waals surface area contributed by atoms with E-state index >= 15 is 0 Å². The number of hydrogen-bond donors (Lipinski definition) is 2. The fourth-order valence-electron chi connectivity index (χ4n) is 2.76. The van der Waals surface area contributed by atoms with Gasteiger partial charge in [0, 0.05) is 35.1 Å². The molecular weight excluding hydrogens is 324 g/mol. The summed E-state index contributed by atoms with van der Waals surface area (Å²) in [7, 11) is 3.81. The minimum atomic E-state index is -0.463. The van der Waals surface area contributed by atoms with Gasteiger partial charge >= 0.3 is 0 Å². The van der Waals surface area contributed by atoms with Gasteiger partial charge < -0.3 is 15.2 Å². The van der Waals surface area contributed by atoms with E-state index in [1.165, 1.54) is 18.2 Å². The fraction of sp³-hybridized carbons (Fsp3) is 0.211. The summed E-state index contributed by atoms with van der Waals surface area (Å²) in [5.74, 6) is -1.25. The predicted molar refractivity (Wildman–Crippen MR) is 94.5 cm³/mol. The number of rotatable bonds is 5. The van der Waals surface area contributed by atoms with E-state index in [0.717, 1.165) is 0 Å². The van der Waals surface area contributed by atoms with Crippen molar-refractivity contribution >= 4 is 16.8 Å². The third-order valence-corrected chi connectivity index (χ3v) is 3.98. The molecule has 1 heterocycles. The van der Waals surface area contributed by atoms with Crippen molar-refractivity contribution in [2.24, 2.45) is 0 Å². The number of H-pyrrole nitrogens is 1. The van der Waals surface area contributed by atoms with Crippen LogP contribution < -0.4 is 5.32 Å². The number of aromatic amines is 1. The summed E-state index contributed by atoms with van der Waals surface area (Å²) in [5.41, 5.74) is 1.44. The number of carbonyl (C=O) groups excluding carboxylic acids is 1. The Balaban J connectivity index is 2.10. The molecule has 0 spiro atoms. The van der Waals surface area contributed by atoms with Crippen LogP contribution in [-0.4, -0.2) is 43.0 Å². The van der Waals surface area contributed by atoms with Crippen LogP contribution in [-0.2, 0) is 0 Å². The number of likely N-dealkylation sites (N-methyl/N-ethyl adjacent to an activating group) is 1. The maximum absolute atomic E-state index is 14.3. The molecule has 0 atom stereocenters. The standard InChI is InChI=1S/C19H19F2N3O/c1-24(2)10-9-22-19(25)18-17(13-5-3-4-6-15(13)21)14-11-12(20)7-8-16(14)23-18/h3-8,11,23H,9-10H2,1-2H3,(H,22,25). The highest BCUT2D eigenvalue weighted by molar-refractivity contribution is 6.09. The highest BCUT2D eigenvalue weighted by Crippen LogP contribution is 2.34. The van der Waals surface area contributed by atoms with E-state index < -0.39 is 11.6 Å². The lowest BCUT2D eigenvalue weighted by Gasteiger charge is -2.11. The van der Waals surface area contributed by atoms with Gasteiger partial charge in [0.05, 0.1) is 0 Å². The van der Waals surface area contributed by atoms with Gasteiger partial charge in [0.15, 0.2) is 0 Å². The van der Waals surface area contributed by atoms with Crippen molar-refractivity contribution in [3.05, 3.63) is 59.8 Å². The van der Waals surface area contributed by atoms with E-state index in [0.29, 0.717) is 29.6 Å². The molecule has 0 aliphatic carbocycles. The topological polar surface area (TPSA) is 48.1 Å². The minimum absolute atomic E-state index is 0.226. The molecule has 2 N–H and O–H groups in total. The summed E-state index contributed by atoms with van der Waals surface area (Å²) in [6.45, 7) is 1.13. The molecule has 0 fully saturated rings. The number of hydrogen-bond acceptors (Lipinski definition) is 2. The van der Waals surface area contributed by atoms with E-state index in [2.05, 4.69) is 10.3 Å². The first-order valence-electron chi connectivity index (χ1n) is 7.96. The van der Waals surface area contributed by atoms with Crippen LogP contribution in [0, 0.1) is 11.6 Å². The van der Waals surface area contributed by atoms with Crippen molar-refractivity contribution in [1.29, 1.82) is 0 Å². The molecule has 0 saturated heterocycles. The van der Waals surface area contributed by atoms with E-state index in [1.807, 2.05) is 19.0 Å². The summed E-state index contributed by atoms with van der Waals surface area (Å²) in [6.07, 6.45) is 0. The van der Waals surface area contributed by atoms with E-state index in [4.69, 9.17) is 0 Å². The second-order valence-corrected chi connectivity index (χ2v) is 6.10. The largest absolute Gasteiger partial charge is 0.350 e. The quantitative estimate of drug-likeness (QED) is 0.746. The number of nitrogens with zero attached hydrogens (tertiary/aromatic N) is 1. The first-order chi connectivity index (χ1) is 12.0. The molecule has 1 amide bonds. The van der Waals surface area contributed by atoms with Crippen molar-refractivity contribution in [1.82, 2.24) is 15.2 Å². The van der Waals surface area contributed by atoms with Gasteiger partial charge in [0.2, 0.25) is 0 Å². The second-order valence-electron chi connectivity index (χ2n) is 6.10. The van der Waals surface area contributed by atoms with Gasteiger partial charge in [-0.2, -0.15) is 0 Å². The Bertz CT molecular complexity index is 918. The molecule has 0 radical (unpaired) electrons. The molecule has 0 bridgehead atoms. The Kier molecular flexibility index (Phi) is 4.81. The highest BCUT2D eigenvalue weighted by Gasteiger charge is 2.21. The SMILES string of the molecule is CN(C)CCNC(=O)c1[nH]c2ccc(F)cc2c1-c1ccccc1F. The summed E-state index contributed by atoms with van der Waals surface area (Å²) >= 11 is 0. The zero-order valence-electron chi connectivity index (χ0n) is 14.1. The highest BCUT2D eigenvalue weighted by atomic mass is 19.1. The molecule has 1 aromatic heterocycles. The number of carbonyl (C=O) groups is 1. The molecule has 3 rings (SSSR count). The zero-order chi connectivity index (χ0) is 18.0. The molecule has 130 valence electrons. The van der Waals surface area contributed by atoms with Gasteiger partial charge in [0.25, 0.3) is 5.91 Å². The molecule has 6 heteroatoms. The number of aromatic nitrogens is 1. The van der Waals surface area contributed by atoms with Crippen molar-refractivity contribution in [2.75, 3.05) is 27.2 Å². The summed E-state index contributed by atoms with van der Waals surface area (Å²) in [4.78, 5) is 17.5. The van der Waals surface area contributed by atoms with Crippen LogP contribution in [0.1, 0.15) is 10.5 Å². The molecule has 0 saturated carbocycles. The van der Waals surface area contributed by atoms with Crippen molar-refractivity contribution in [3.63, 3.8) is 0 Å². The molecule has 0 aliphatic rings. The molecule has 2 aromatic carbocycles. The first-order valence-corrected chi connectivity index (χ1v) is 7.96. The zero-order valence-corrected chi connectivity index (χ0v) is 14.1. The van der Waals surface area contributed by atoms with E-state index in [1.54, 1.807) is 24.3 Å². The Hall–Kier alpha value is -2.73. The lowest BCUT2D eigenvalue weighted by molar-refractivity contribution is 0.0947. The number of nitrogens with one attached hydrogen (secondary N) is 2. The number of benzene rings is 2. The molecule has 0 unspecified atom stereocenters. The average molecular weight is 343 g/mol. The number of halogens is 2. The monoisotopic (exact) mass is 343 g/mol. The minimum Gasteiger partial charge on any atom is -0.350 e. The molecule has 4 nitrogen and oxygen atoms in total. The normalized spacial score (nSPS) is 11.2. The average Bonchev–Trinajstić information content (AvgIpc) is 2.93. The molecule has 3 aromatic rings. The van der Waals surface area contributed by atoms with Crippen molar-refractivity contribution in [2.45, 2.75) is 0 Å². The Labute approximate surface area is 144 Å². The van der Waals surface area contributed by atoms with E-state index in [9.17, 15) is 13.6 Å². The number of fused-ring (bicyclic) bond motifs is 1. The van der Waals surface area contributed by atoms with Gasteiger partial charge in [-0.05, 0) is 38.4 Å². The Morgan fingerprint density at radius 1 is 1.16 bits per heavy atom. The first kappa shape index (κ1) is 17.1. The van der Waals surface area contributed by atoms with Crippen molar-refractivity contribution < 1.29 is 13.6 Å². The van der Waals surface area contributed by atoms with Crippen LogP contribution in [0.3, 0.4) is 0 Å². The van der Waals surface area contributed by atoms with Gasteiger partial charge in [-0.3, -0.25) is 4.79 Å². The van der Waals surface area contributed by atoms with Crippen LogP contribution in [0.2, 0.25) is 0 Å².